The predicted molar refractivity (Wildman–Crippen MR) is 133 cm³/mol. The lowest BCUT2D eigenvalue weighted by Crippen LogP contribution is -2.37. The van der Waals surface area contributed by atoms with E-state index in [1.54, 1.807) is 6.92 Å². The molecule has 0 aliphatic heterocycles. The van der Waals surface area contributed by atoms with Crippen LogP contribution in [0.4, 0.5) is 0 Å². The molecule has 2 heterocycles. The zero-order valence-corrected chi connectivity index (χ0v) is 20.4. The van der Waals surface area contributed by atoms with Crippen molar-refractivity contribution in [1.29, 1.82) is 0 Å². The number of amides is 1. The third-order valence-corrected chi connectivity index (χ3v) is 7.56. The van der Waals surface area contributed by atoms with Gasteiger partial charge in [0.05, 0.1) is 26.8 Å². The third-order valence-electron chi connectivity index (χ3n) is 5.58. The van der Waals surface area contributed by atoms with E-state index < -0.39 is 39.2 Å². The van der Waals surface area contributed by atoms with Gasteiger partial charge in [-0.05, 0) is 48.4 Å². The van der Waals surface area contributed by atoms with Gasteiger partial charge in [0.15, 0.2) is 0 Å². The molecule has 1 unspecified atom stereocenters. The first kappa shape index (κ1) is 25.0. The number of fused-ring (bicyclic) bond motifs is 1. The van der Waals surface area contributed by atoms with Crippen LogP contribution in [0.15, 0.2) is 69.1 Å². The maximum atomic E-state index is 13.1. The van der Waals surface area contributed by atoms with Crippen molar-refractivity contribution in [2.75, 3.05) is 0 Å². The highest BCUT2D eigenvalue weighted by molar-refractivity contribution is 7.89. The number of carboxylic acid groups (broad SMARTS) is 1. The smallest absolute Gasteiger partial charge is 0.335 e. The number of benzene rings is 2. The van der Waals surface area contributed by atoms with Gasteiger partial charge in [0.1, 0.15) is 4.83 Å². The van der Waals surface area contributed by atoms with Crippen molar-refractivity contribution in [2.24, 2.45) is 5.14 Å². The highest BCUT2D eigenvalue weighted by atomic mass is 32.2. The minimum atomic E-state index is -3.82. The largest absolute Gasteiger partial charge is 0.478 e. The number of aromatic amines is 1. The number of nitrogens with two attached hydrogens (primary N) is 1. The third kappa shape index (κ3) is 4.98. The average molecular weight is 529 g/mol. The molecule has 36 heavy (non-hydrogen) atoms. The van der Waals surface area contributed by atoms with Crippen LogP contribution < -0.4 is 21.7 Å². The Morgan fingerprint density at radius 3 is 2.33 bits per heavy atom. The van der Waals surface area contributed by atoms with Gasteiger partial charge < -0.3 is 10.4 Å². The molecule has 2 aromatic heterocycles. The topological polar surface area (TPSA) is 181 Å². The van der Waals surface area contributed by atoms with E-state index in [1.807, 2.05) is 0 Å². The van der Waals surface area contributed by atoms with Gasteiger partial charge in [-0.3, -0.25) is 19.1 Å². The molecular formula is C23H20N4O7S2. The number of primary sulfonamides is 1. The molecule has 186 valence electrons. The van der Waals surface area contributed by atoms with Crippen molar-refractivity contribution < 1.29 is 23.1 Å². The number of carbonyl (C=O) groups is 2. The Bertz CT molecular complexity index is 1700. The van der Waals surface area contributed by atoms with E-state index in [9.17, 15) is 27.6 Å². The monoisotopic (exact) mass is 528 g/mol. The lowest BCUT2D eigenvalue weighted by Gasteiger charge is -2.14. The first-order valence-corrected chi connectivity index (χ1v) is 12.8. The van der Waals surface area contributed by atoms with Crippen molar-refractivity contribution in [3.63, 3.8) is 0 Å². The highest BCUT2D eigenvalue weighted by Gasteiger charge is 2.19. The van der Waals surface area contributed by atoms with Crippen LogP contribution in [0.3, 0.4) is 0 Å². The molecule has 0 fully saturated rings. The van der Waals surface area contributed by atoms with Crippen molar-refractivity contribution in [3.8, 4) is 0 Å². The fourth-order valence-electron chi connectivity index (χ4n) is 3.61. The van der Waals surface area contributed by atoms with Gasteiger partial charge >= 0.3 is 11.7 Å². The van der Waals surface area contributed by atoms with E-state index >= 15 is 0 Å². The number of H-pyrrole nitrogens is 1. The summed E-state index contributed by atoms with van der Waals surface area (Å²) in [7, 11) is -3.82. The molecule has 11 nitrogen and oxygen atoms in total. The van der Waals surface area contributed by atoms with Crippen molar-refractivity contribution in [1.82, 2.24) is 14.9 Å². The summed E-state index contributed by atoms with van der Waals surface area (Å²) >= 11 is 0.954. The number of hydrogen-bond acceptors (Lipinski definition) is 7. The lowest BCUT2D eigenvalue weighted by molar-refractivity contribution is 0.0696. The molecule has 0 radical (unpaired) electrons. The number of rotatable bonds is 7. The SMILES string of the molecule is CC(c1ccc(C(=O)O)cc1)n1c(=O)[nH]c2sc(C(=O)NCc3ccc(S(N)(=O)=O)cc3)cc2c1=O. The van der Waals surface area contributed by atoms with Crippen molar-refractivity contribution in [3.05, 3.63) is 97.0 Å². The molecule has 4 aromatic rings. The van der Waals surface area contributed by atoms with Gasteiger partial charge in [-0.25, -0.2) is 23.1 Å². The van der Waals surface area contributed by atoms with Gasteiger partial charge in [-0.15, -0.1) is 11.3 Å². The summed E-state index contributed by atoms with van der Waals surface area (Å²) in [6.07, 6.45) is 0. The maximum absolute atomic E-state index is 13.1. The van der Waals surface area contributed by atoms with Gasteiger partial charge in [0, 0.05) is 6.54 Å². The molecule has 0 saturated carbocycles. The van der Waals surface area contributed by atoms with Gasteiger partial charge in [-0.1, -0.05) is 24.3 Å². The lowest BCUT2D eigenvalue weighted by atomic mass is 10.1. The Balaban J connectivity index is 1.57. The Morgan fingerprint density at radius 1 is 1.11 bits per heavy atom. The van der Waals surface area contributed by atoms with E-state index in [0.29, 0.717) is 11.1 Å². The number of nitrogens with zero attached hydrogens (tertiary/aromatic N) is 1. The molecule has 13 heteroatoms. The minimum Gasteiger partial charge on any atom is -0.478 e. The summed E-state index contributed by atoms with van der Waals surface area (Å²) in [4.78, 5) is 52.6. The number of aromatic nitrogens is 2. The quantitative estimate of drug-likeness (QED) is 0.281. The highest BCUT2D eigenvalue weighted by Crippen LogP contribution is 2.22. The predicted octanol–water partition coefficient (Wildman–Crippen LogP) is 1.64. The van der Waals surface area contributed by atoms with Crippen LogP contribution in [0, 0.1) is 0 Å². The first-order valence-electron chi connectivity index (χ1n) is 10.5. The van der Waals surface area contributed by atoms with Crippen LogP contribution in [0.2, 0.25) is 0 Å². The summed E-state index contributed by atoms with van der Waals surface area (Å²) in [5.74, 6) is -1.56. The number of carboxylic acids is 1. The van der Waals surface area contributed by atoms with Gasteiger partial charge in [-0.2, -0.15) is 0 Å². The van der Waals surface area contributed by atoms with Crippen molar-refractivity contribution >= 4 is 43.5 Å². The second-order valence-electron chi connectivity index (χ2n) is 7.93. The fourth-order valence-corrected chi connectivity index (χ4v) is 5.08. The van der Waals surface area contributed by atoms with Crippen LogP contribution in [0.5, 0.6) is 0 Å². The zero-order chi connectivity index (χ0) is 26.2. The van der Waals surface area contributed by atoms with Crippen LogP contribution in [0.25, 0.3) is 10.2 Å². The van der Waals surface area contributed by atoms with E-state index in [4.69, 9.17) is 10.2 Å². The molecule has 1 atom stereocenters. The molecule has 0 aliphatic carbocycles. The van der Waals surface area contributed by atoms with Crippen LogP contribution in [-0.2, 0) is 16.6 Å². The summed E-state index contributed by atoms with van der Waals surface area (Å²) in [5.41, 5.74) is 0.0315. The normalized spacial score (nSPS) is 12.4. The summed E-state index contributed by atoms with van der Waals surface area (Å²) in [6, 6.07) is 12.3. The van der Waals surface area contributed by atoms with Crippen LogP contribution in [-0.4, -0.2) is 35.0 Å². The van der Waals surface area contributed by atoms with E-state index in [0.717, 1.165) is 15.9 Å². The molecule has 0 saturated heterocycles. The zero-order valence-electron chi connectivity index (χ0n) is 18.7. The number of hydrogen-bond donors (Lipinski definition) is 4. The van der Waals surface area contributed by atoms with Gasteiger partial charge in [0.25, 0.3) is 11.5 Å². The number of nitrogens with one attached hydrogen (secondary N) is 2. The first-order chi connectivity index (χ1) is 17.0. The van der Waals surface area contributed by atoms with E-state index in [2.05, 4.69) is 10.3 Å². The molecule has 0 aliphatic rings. The second kappa shape index (κ2) is 9.53. The molecule has 1 amide bonds. The molecule has 2 aromatic carbocycles. The Hall–Kier alpha value is -4.07. The van der Waals surface area contributed by atoms with Crippen LogP contribution >= 0.6 is 11.3 Å². The second-order valence-corrected chi connectivity index (χ2v) is 10.5. The van der Waals surface area contributed by atoms with Gasteiger partial charge in [0.2, 0.25) is 10.0 Å². The van der Waals surface area contributed by atoms with Crippen LogP contribution in [0.1, 0.15) is 44.1 Å². The maximum Gasteiger partial charge on any atom is 0.335 e. The fraction of sp³-hybridized carbons (Fsp3) is 0.130. The number of thiophene rings is 1. The minimum absolute atomic E-state index is 0.0469. The van der Waals surface area contributed by atoms with E-state index in [-0.39, 0.29) is 32.1 Å². The van der Waals surface area contributed by atoms with Crippen molar-refractivity contribution in [2.45, 2.75) is 24.4 Å². The van der Waals surface area contributed by atoms with E-state index in [1.165, 1.54) is 54.6 Å². The molecular weight excluding hydrogens is 508 g/mol. The molecule has 0 spiro atoms. The Morgan fingerprint density at radius 2 is 1.75 bits per heavy atom. The Labute approximate surface area is 207 Å². The Kier molecular flexibility index (Phi) is 6.63. The standard InChI is InChI=1S/C23H20N4O7S2/c1-12(14-4-6-15(7-5-14)22(30)31)27-21(29)17-10-18(35-20(17)26-23(27)32)19(28)25-11-13-2-8-16(9-3-13)36(24,33)34/h2-10,12H,11H2,1H3,(H,25,28)(H,26,32)(H,30,31)(H2,24,33,34). The summed E-state index contributed by atoms with van der Waals surface area (Å²) in [6.45, 7) is 1.74. The number of aromatic carboxylic acids is 1. The molecule has 4 rings (SSSR count). The number of carbonyl (C=O) groups excluding carboxylic acids is 1. The summed E-state index contributed by atoms with van der Waals surface area (Å²) < 4.78 is 23.7. The number of sulfonamides is 1. The molecule has 5 N–H and O–H groups in total. The molecule has 0 bridgehead atoms. The summed E-state index contributed by atoms with van der Waals surface area (Å²) in [5, 5.41) is 17.0. The average Bonchev–Trinajstić information content (AvgIpc) is 3.26.